The van der Waals surface area contributed by atoms with Gasteiger partial charge in [-0.15, -0.1) is 0 Å². The van der Waals surface area contributed by atoms with Gasteiger partial charge in [0.05, 0.1) is 7.11 Å². The molecule has 0 fully saturated rings. The summed E-state index contributed by atoms with van der Waals surface area (Å²) in [4.78, 5) is 0. The molecule has 0 saturated heterocycles. The quantitative estimate of drug-likeness (QED) is 0.643. The van der Waals surface area contributed by atoms with Crippen molar-refractivity contribution < 1.29 is 9.84 Å². The van der Waals surface area contributed by atoms with Gasteiger partial charge in [-0.2, -0.15) is 0 Å². The van der Waals surface area contributed by atoms with Crippen LogP contribution in [0.15, 0.2) is 54.6 Å². The molecule has 0 aromatic heterocycles. The Balaban J connectivity index is 2.34. The van der Waals surface area contributed by atoms with Crippen molar-refractivity contribution in [3.05, 3.63) is 71.3 Å². The number of benzene rings is 3. The van der Waals surface area contributed by atoms with Crippen LogP contribution in [0.3, 0.4) is 0 Å². The van der Waals surface area contributed by atoms with E-state index in [-0.39, 0.29) is 5.75 Å². The minimum atomic E-state index is 0.233. The van der Waals surface area contributed by atoms with Crippen molar-refractivity contribution in [3.8, 4) is 33.8 Å². The number of phenols is 1. The van der Waals surface area contributed by atoms with Gasteiger partial charge in [0.25, 0.3) is 0 Å². The Hall–Kier alpha value is -2.74. The standard InChI is InChI=1S/C23H24O2/c1-5-17-14-20(18-10-6-15(2)7-11-18)21(23(25-4)22(17)24)19-12-8-16(3)9-13-19/h6-14,24H,5H2,1-4H3. The van der Waals surface area contributed by atoms with Crippen LogP contribution >= 0.6 is 0 Å². The number of aryl methyl sites for hydroxylation is 3. The van der Waals surface area contributed by atoms with Crippen LogP contribution in [-0.4, -0.2) is 12.2 Å². The molecule has 0 aliphatic heterocycles. The summed E-state index contributed by atoms with van der Waals surface area (Å²) < 4.78 is 5.64. The van der Waals surface area contributed by atoms with E-state index in [1.54, 1.807) is 7.11 Å². The van der Waals surface area contributed by atoms with Crippen molar-refractivity contribution in [1.82, 2.24) is 0 Å². The molecule has 0 spiro atoms. The minimum Gasteiger partial charge on any atom is -0.504 e. The average molecular weight is 332 g/mol. The molecule has 2 heteroatoms. The number of aromatic hydroxyl groups is 1. The summed E-state index contributed by atoms with van der Waals surface area (Å²) >= 11 is 0. The fourth-order valence-electron chi connectivity index (χ4n) is 3.14. The SMILES string of the molecule is CCc1cc(-c2ccc(C)cc2)c(-c2ccc(C)cc2)c(OC)c1O. The van der Waals surface area contributed by atoms with Crippen LogP contribution < -0.4 is 4.74 Å². The van der Waals surface area contributed by atoms with Crippen molar-refractivity contribution in [3.63, 3.8) is 0 Å². The fraction of sp³-hybridized carbons (Fsp3) is 0.217. The lowest BCUT2D eigenvalue weighted by molar-refractivity contribution is 0.372. The van der Waals surface area contributed by atoms with Gasteiger partial charge >= 0.3 is 0 Å². The van der Waals surface area contributed by atoms with E-state index in [2.05, 4.69) is 68.4 Å². The Morgan fingerprint density at radius 2 is 1.36 bits per heavy atom. The van der Waals surface area contributed by atoms with E-state index < -0.39 is 0 Å². The molecule has 0 bridgehead atoms. The molecule has 0 aliphatic carbocycles. The molecule has 128 valence electrons. The third kappa shape index (κ3) is 3.25. The molecule has 2 nitrogen and oxygen atoms in total. The van der Waals surface area contributed by atoms with Gasteiger partial charge in [-0.3, -0.25) is 0 Å². The summed E-state index contributed by atoms with van der Waals surface area (Å²) in [6.07, 6.45) is 0.745. The zero-order valence-corrected chi connectivity index (χ0v) is 15.3. The van der Waals surface area contributed by atoms with Crippen LogP contribution in [0.25, 0.3) is 22.3 Å². The van der Waals surface area contributed by atoms with Gasteiger partial charge in [-0.05, 0) is 48.6 Å². The number of phenolic OH excluding ortho intramolecular Hbond substituents is 1. The minimum absolute atomic E-state index is 0.233. The summed E-state index contributed by atoms with van der Waals surface area (Å²) in [6, 6.07) is 18.9. The van der Waals surface area contributed by atoms with Gasteiger partial charge in [0, 0.05) is 5.56 Å². The first-order chi connectivity index (χ1) is 12.0. The maximum atomic E-state index is 10.7. The van der Waals surface area contributed by atoms with Gasteiger partial charge in [-0.25, -0.2) is 0 Å². The summed E-state index contributed by atoms with van der Waals surface area (Å²) in [5.74, 6) is 0.773. The Kier molecular flexibility index (Phi) is 4.80. The second-order valence-corrected chi connectivity index (χ2v) is 6.43. The zero-order valence-electron chi connectivity index (χ0n) is 15.3. The summed E-state index contributed by atoms with van der Waals surface area (Å²) in [7, 11) is 1.62. The van der Waals surface area contributed by atoms with E-state index in [0.717, 1.165) is 34.2 Å². The lowest BCUT2D eigenvalue weighted by Crippen LogP contribution is -1.96. The van der Waals surface area contributed by atoms with Crippen LogP contribution in [0.5, 0.6) is 11.5 Å². The molecule has 3 rings (SSSR count). The second-order valence-electron chi connectivity index (χ2n) is 6.43. The van der Waals surface area contributed by atoms with E-state index >= 15 is 0 Å². The first kappa shape index (κ1) is 17.1. The molecule has 1 N–H and O–H groups in total. The highest BCUT2D eigenvalue weighted by Crippen LogP contribution is 2.46. The van der Waals surface area contributed by atoms with E-state index in [1.165, 1.54) is 11.1 Å². The van der Waals surface area contributed by atoms with Crippen molar-refractivity contribution in [2.24, 2.45) is 0 Å². The number of hydrogen-bond donors (Lipinski definition) is 1. The van der Waals surface area contributed by atoms with Gasteiger partial charge in [0.2, 0.25) is 0 Å². The van der Waals surface area contributed by atoms with Crippen LogP contribution in [0, 0.1) is 13.8 Å². The number of rotatable bonds is 4. The highest BCUT2D eigenvalue weighted by Gasteiger charge is 2.20. The molecule has 0 atom stereocenters. The lowest BCUT2D eigenvalue weighted by Gasteiger charge is -2.19. The van der Waals surface area contributed by atoms with Crippen molar-refractivity contribution in [1.29, 1.82) is 0 Å². The summed E-state index contributed by atoms with van der Waals surface area (Å²) in [6.45, 7) is 6.19. The first-order valence-corrected chi connectivity index (χ1v) is 8.62. The Labute approximate surface area is 149 Å². The molecule has 0 unspecified atom stereocenters. The van der Waals surface area contributed by atoms with E-state index in [1.807, 2.05) is 6.92 Å². The fourth-order valence-corrected chi connectivity index (χ4v) is 3.14. The Morgan fingerprint density at radius 1 is 0.840 bits per heavy atom. The molecule has 0 aliphatic rings. The predicted molar refractivity (Wildman–Crippen MR) is 104 cm³/mol. The first-order valence-electron chi connectivity index (χ1n) is 8.62. The van der Waals surface area contributed by atoms with Crippen LogP contribution in [0.2, 0.25) is 0 Å². The van der Waals surface area contributed by atoms with Gasteiger partial charge in [0.1, 0.15) is 0 Å². The van der Waals surface area contributed by atoms with Gasteiger partial charge in [-0.1, -0.05) is 66.6 Å². The van der Waals surface area contributed by atoms with Crippen molar-refractivity contribution in [2.45, 2.75) is 27.2 Å². The van der Waals surface area contributed by atoms with Gasteiger partial charge < -0.3 is 9.84 Å². The summed E-state index contributed by atoms with van der Waals surface area (Å²) in [5.41, 5.74) is 7.49. The third-order valence-corrected chi connectivity index (χ3v) is 4.62. The summed E-state index contributed by atoms with van der Waals surface area (Å²) in [5, 5.41) is 10.7. The van der Waals surface area contributed by atoms with Crippen LogP contribution in [0.4, 0.5) is 0 Å². The van der Waals surface area contributed by atoms with Crippen LogP contribution in [-0.2, 0) is 6.42 Å². The molecule has 0 heterocycles. The largest absolute Gasteiger partial charge is 0.504 e. The number of methoxy groups -OCH3 is 1. The zero-order chi connectivity index (χ0) is 18.0. The molecule has 25 heavy (non-hydrogen) atoms. The molecule has 0 radical (unpaired) electrons. The lowest BCUT2D eigenvalue weighted by atomic mass is 9.90. The molecule has 3 aromatic rings. The topological polar surface area (TPSA) is 29.5 Å². The van der Waals surface area contributed by atoms with E-state index in [4.69, 9.17) is 4.74 Å². The van der Waals surface area contributed by atoms with Crippen molar-refractivity contribution in [2.75, 3.05) is 7.11 Å². The molecular formula is C23H24O2. The predicted octanol–water partition coefficient (Wildman–Crippen LogP) is 5.91. The average Bonchev–Trinajstić information content (AvgIpc) is 2.63. The van der Waals surface area contributed by atoms with Crippen LogP contribution in [0.1, 0.15) is 23.6 Å². The molecular weight excluding hydrogens is 308 g/mol. The van der Waals surface area contributed by atoms with E-state index in [9.17, 15) is 5.11 Å². The maximum Gasteiger partial charge on any atom is 0.169 e. The third-order valence-electron chi connectivity index (χ3n) is 4.62. The Morgan fingerprint density at radius 3 is 1.84 bits per heavy atom. The monoisotopic (exact) mass is 332 g/mol. The van der Waals surface area contributed by atoms with Crippen molar-refractivity contribution >= 4 is 0 Å². The molecule has 0 amide bonds. The highest BCUT2D eigenvalue weighted by molar-refractivity contribution is 5.90. The smallest absolute Gasteiger partial charge is 0.169 e. The number of ether oxygens (including phenoxy) is 1. The highest BCUT2D eigenvalue weighted by atomic mass is 16.5. The van der Waals surface area contributed by atoms with Gasteiger partial charge in [0.15, 0.2) is 11.5 Å². The van der Waals surface area contributed by atoms with E-state index in [0.29, 0.717) is 5.75 Å². The second kappa shape index (κ2) is 7.02. The number of hydrogen-bond acceptors (Lipinski definition) is 2. The molecule has 0 saturated carbocycles. The molecule has 3 aromatic carbocycles. The maximum absolute atomic E-state index is 10.7. The Bertz CT molecular complexity index is 875. The normalized spacial score (nSPS) is 10.7.